The zero-order chi connectivity index (χ0) is 21.5. The lowest BCUT2D eigenvalue weighted by molar-refractivity contribution is 0.0495. The Labute approximate surface area is 172 Å². The number of hydrogen-bond donors (Lipinski definition) is 1. The van der Waals surface area contributed by atoms with E-state index in [1.807, 2.05) is 32.9 Å². The van der Waals surface area contributed by atoms with Gasteiger partial charge in [-0.3, -0.25) is 4.57 Å². The number of nitrogens with one attached hydrogen (secondary N) is 1. The van der Waals surface area contributed by atoms with E-state index in [1.165, 1.54) is 0 Å². The summed E-state index contributed by atoms with van der Waals surface area (Å²) in [7, 11) is -3.26. The predicted octanol–water partition coefficient (Wildman–Crippen LogP) is 4.12. The molecule has 0 aromatic heterocycles. The minimum atomic E-state index is -3.26. The van der Waals surface area contributed by atoms with Crippen molar-refractivity contribution < 1.29 is 32.6 Å². The number of hydrogen-bond acceptors (Lipinski definition) is 7. The summed E-state index contributed by atoms with van der Waals surface area (Å²) in [5.41, 5.74) is 0.451. The molecule has 0 bridgehead atoms. The van der Waals surface area contributed by atoms with E-state index >= 15 is 0 Å². The lowest BCUT2D eigenvalue weighted by Crippen LogP contribution is -2.43. The second-order valence-electron chi connectivity index (χ2n) is 7.69. The molecule has 0 saturated carbocycles. The van der Waals surface area contributed by atoms with Gasteiger partial charge in [-0.1, -0.05) is 12.1 Å². The minimum absolute atomic E-state index is 0.0123. The first-order chi connectivity index (χ1) is 13.6. The van der Waals surface area contributed by atoms with Crippen molar-refractivity contribution in [1.29, 1.82) is 0 Å². The molecule has 0 unspecified atom stereocenters. The molecule has 29 heavy (non-hydrogen) atoms. The highest BCUT2D eigenvalue weighted by Crippen LogP contribution is 2.47. The van der Waals surface area contributed by atoms with Crippen LogP contribution < -0.4 is 10.1 Å². The summed E-state index contributed by atoms with van der Waals surface area (Å²) in [6, 6.07) is 7.19. The Balaban J connectivity index is 1.91. The highest BCUT2D eigenvalue weighted by molar-refractivity contribution is 7.53. The van der Waals surface area contributed by atoms with Crippen LogP contribution in [0.5, 0.6) is 5.75 Å². The van der Waals surface area contributed by atoms with Gasteiger partial charge in [-0.25, -0.2) is 4.79 Å². The van der Waals surface area contributed by atoms with E-state index < -0.39 is 19.3 Å². The Kier molecular flexibility index (Phi) is 8.52. The first-order valence-corrected chi connectivity index (χ1v) is 11.6. The number of carbonyl (C=O) groups is 1. The highest BCUT2D eigenvalue weighted by atomic mass is 31.2. The molecule has 2 rings (SSSR count). The lowest BCUT2D eigenvalue weighted by atomic mass is 10.0. The highest BCUT2D eigenvalue weighted by Gasteiger charge is 2.35. The largest absolute Gasteiger partial charge is 0.481 e. The second-order valence-corrected chi connectivity index (χ2v) is 9.69. The van der Waals surface area contributed by atoms with Crippen molar-refractivity contribution in [2.75, 3.05) is 26.2 Å². The molecule has 1 fully saturated rings. The molecule has 0 aliphatic carbocycles. The van der Waals surface area contributed by atoms with Gasteiger partial charge < -0.3 is 28.6 Å². The van der Waals surface area contributed by atoms with Crippen LogP contribution in [0, 0.1) is 0 Å². The standard InChI is InChI=1S/C20H32NO7P/c1-6-26-29(23,27-7-2)14-25-16-10-8-15(9-11-16)12-17(18-13-24-18)21-19(22)28-20(3,4)5/h8-11,17-18H,6-7,12-14H2,1-5H3,(H,21,22)/t17-,18-/m0/s1. The number of alkyl carbamates (subject to hydrolysis) is 1. The fraction of sp³-hybridized carbons (Fsp3) is 0.650. The minimum Gasteiger partial charge on any atom is -0.481 e. The van der Waals surface area contributed by atoms with Crippen LogP contribution in [0.1, 0.15) is 40.2 Å². The van der Waals surface area contributed by atoms with Gasteiger partial charge in [-0.15, -0.1) is 0 Å². The number of benzene rings is 1. The number of rotatable bonds is 11. The molecule has 9 heteroatoms. The summed E-state index contributed by atoms with van der Waals surface area (Å²) in [6.07, 6.45) is -0.0184. The smallest absolute Gasteiger partial charge is 0.407 e. The Morgan fingerprint density at radius 2 is 1.79 bits per heavy atom. The third kappa shape index (κ3) is 8.74. The Morgan fingerprint density at radius 1 is 1.21 bits per heavy atom. The van der Waals surface area contributed by atoms with Gasteiger partial charge in [0.25, 0.3) is 0 Å². The molecule has 1 amide bonds. The van der Waals surface area contributed by atoms with Crippen LogP contribution in [0.15, 0.2) is 24.3 Å². The van der Waals surface area contributed by atoms with Crippen molar-refractivity contribution in [1.82, 2.24) is 5.32 Å². The van der Waals surface area contributed by atoms with E-state index in [-0.39, 0.29) is 31.7 Å². The third-order valence-corrected chi connectivity index (χ3v) is 5.68. The van der Waals surface area contributed by atoms with Crippen LogP contribution in [-0.4, -0.2) is 50.0 Å². The van der Waals surface area contributed by atoms with Gasteiger partial charge in [0.2, 0.25) is 0 Å². The summed E-state index contributed by atoms with van der Waals surface area (Å²) in [4.78, 5) is 12.1. The molecule has 1 aliphatic heterocycles. The maximum Gasteiger partial charge on any atom is 0.407 e. The summed E-state index contributed by atoms with van der Waals surface area (Å²) in [5.74, 6) is 0.563. The Morgan fingerprint density at radius 3 is 2.28 bits per heavy atom. The predicted molar refractivity (Wildman–Crippen MR) is 109 cm³/mol. The maximum atomic E-state index is 12.4. The van der Waals surface area contributed by atoms with Crippen molar-refractivity contribution in [2.24, 2.45) is 0 Å². The molecule has 164 valence electrons. The van der Waals surface area contributed by atoms with Crippen LogP contribution in [0.2, 0.25) is 0 Å². The molecule has 0 radical (unpaired) electrons. The molecule has 1 heterocycles. The Hall–Kier alpha value is -1.60. The number of amides is 1. The summed E-state index contributed by atoms with van der Waals surface area (Å²) < 4.78 is 39.2. The first-order valence-electron chi connectivity index (χ1n) is 9.85. The summed E-state index contributed by atoms with van der Waals surface area (Å²) in [5, 5.41) is 2.88. The van der Waals surface area contributed by atoms with Gasteiger partial charge in [0.15, 0.2) is 6.35 Å². The third-order valence-electron chi connectivity index (χ3n) is 3.93. The number of carbonyl (C=O) groups excluding carboxylic acids is 1. The van der Waals surface area contributed by atoms with Gasteiger partial charge in [-0.2, -0.15) is 0 Å². The van der Waals surface area contributed by atoms with Crippen molar-refractivity contribution in [3.05, 3.63) is 29.8 Å². The van der Waals surface area contributed by atoms with E-state index in [4.69, 9.17) is 23.3 Å². The molecule has 1 N–H and O–H groups in total. The van der Waals surface area contributed by atoms with Crippen molar-refractivity contribution in [3.63, 3.8) is 0 Å². The zero-order valence-electron chi connectivity index (χ0n) is 17.8. The molecule has 1 aromatic rings. The van der Waals surface area contributed by atoms with E-state index in [9.17, 15) is 9.36 Å². The van der Waals surface area contributed by atoms with Gasteiger partial charge >= 0.3 is 13.7 Å². The van der Waals surface area contributed by atoms with Crippen molar-refractivity contribution in [3.8, 4) is 5.75 Å². The number of epoxide rings is 1. The topological polar surface area (TPSA) is 95.6 Å². The summed E-state index contributed by atoms with van der Waals surface area (Å²) in [6.45, 7) is 10.2. The van der Waals surface area contributed by atoms with Crippen molar-refractivity contribution >= 4 is 13.7 Å². The van der Waals surface area contributed by atoms with Gasteiger partial charge in [0, 0.05) is 0 Å². The summed E-state index contributed by atoms with van der Waals surface area (Å²) >= 11 is 0. The average Bonchev–Trinajstić information content (AvgIpc) is 3.44. The van der Waals surface area contributed by atoms with Crippen LogP contribution in [0.25, 0.3) is 0 Å². The fourth-order valence-electron chi connectivity index (χ4n) is 2.66. The quantitative estimate of drug-likeness (QED) is 0.417. The van der Waals surface area contributed by atoms with Crippen molar-refractivity contribution in [2.45, 2.75) is 58.8 Å². The van der Waals surface area contributed by atoms with Gasteiger partial charge in [-0.05, 0) is 58.7 Å². The van der Waals surface area contributed by atoms with Crippen LogP contribution in [-0.2, 0) is 29.5 Å². The molecular weight excluding hydrogens is 397 g/mol. The van der Waals surface area contributed by atoms with E-state index in [2.05, 4.69) is 5.32 Å². The van der Waals surface area contributed by atoms with Crippen LogP contribution in [0.3, 0.4) is 0 Å². The molecule has 2 atom stereocenters. The lowest BCUT2D eigenvalue weighted by Gasteiger charge is -2.23. The zero-order valence-corrected chi connectivity index (χ0v) is 18.7. The number of ether oxygens (including phenoxy) is 3. The van der Waals surface area contributed by atoms with E-state index in [0.29, 0.717) is 18.8 Å². The van der Waals surface area contributed by atoms with E-state index in [0.717, 1.165) is 5.56 Å². The first kappa shape index (κ1) is 23.7. The SMILES string of the molecule is CCOP(=O)(COc1ccc(C[C@H](NC(=O)OC(C)(C)C)[C@@H]2CO2)cc1)OCC. The monoisotopic (exact) mass is 429 g/mol. The molecule has 0 spiro atoms. The second kappa shape index (κ2) is 10.4. The average molecular weight is 429 g/mol. The van der Waals surface area contributed by atoms with E-state index in [1.54, 1.807) is 26.0 Å². The molecular formula is C20H32NO7P. The maximum absolute atomic E-state index is 12.4. The molecule has 8 nitrogen and oxygen atoms in total. The van der Waals surface area contributed by atoms with Crippen LogP contribution in [0.4, 0.5) is 4.79 Å². The molecule has 1 saturated heterocycles. The fourth-order valence-corrected chi connectivity index (χ4v) is 3.97. The van der Waals surface area contributed by atoms with Crippen LogP contribution >= 0.6 is 7.60 Å². The Bertz CT molecular complexity index is 688. The molecule has 1 aromatic carbocycles. The van der Waals surface area contributed by atoms with Gasteiger partial charge in [0.1, 0.15) is 17.5 Å². The van der Waals surface area contributed by atoms with Gasteiger partial charge in [0.05, 0.1) is 25.9 Å². The molecule has 1 aliphatic rings. The normalized spacial score (nSPS) is 17.5.